The highest BCUT2D eigenvalue weighted by molar-refractivity contribution is 7.87. The van der Waals surface area contributed by atoms with Crippen LogP contribution in [0.1, 0.15) is 12.5 Å². The fourth-order valence-corrected chi connectivity index (χ4v) is 5.06. The van der Waals surface area contributed by atoms with E-state index in [1.54, 1.807) is 18.2 Å². The van der Waals surface area contributed by atoms with Crippen molar-refractivity contribution in [3.05, 3.63) is 87.9 Å². The van der Waals surface area contributed by atoms with E-state index < -0.39 is 28.0 Å². The van der Waals surface area contributed by atoms with Crippen LogP contribution < -0.4 is 19.1 Å². The minimum atomic E-state index is -4.22. The van der Waals surface area contributed by atoms with E-state index in [0.29, 0.717) is 12.4 Å². The molecule has 3 aromatic carbocycles. The first-order valence-electron chi connectivity index (χ1n) is 10.7. The van der Waals surface area contributed by atoms with Gasteiger partial charge >= 0.3 is 16.1 Å². The molecule has 9 nitrogen and oxygen atoms in total. The summed E-state index contributed by atoms with van der Waals surface area (Å²) < 4.78 is 35.6. The number of halogens is 2. The Morgan fingerprint density at radius 1 is 0.946 bits per heavy atom. The first-order valence-corrected chi connectivity index (χ1v) is 12.9. The molecular formula is C25H18Cl2N2O7S. The maximum absolute atomic E-state index is 13.1. The van der Waals surface area contributed by atoms with E-state index in [0.717, 1.165) is 4.90 Å². The smallest absolute Gasteiger partial charge is 0.339 e. The number of carbonyl (C=O) groups excluding carboxylic acids is 3. The molecule has 0 unspecified atom stereocenters. The van der Waals surface area contributed by atoms with E-state index in [4.69, 9.17) is 32.1 Å². The van der Waals surface area contributed by atoms with Crippen molar-refractivity contribution in [3.8, 4) is 11.5 Å². The van der Waals surface area contributed by atoms with Gasteiger partial charge in [-0.05, 0) is 67.1 Å². The predicted molar refractivity (Wildman–Crippen MR) is 137 cm³/mol. The molecule has 1 aliphatic rings. The second kappa shape index (κ2) is 10.6. The van der Waals surface area contributed by atoms with Gasteiger partial charge in [0.25, 0.3) is 11.8 Å². The van der Waals surface area contributed by atoms with E-state index in [1.165, 1.54) is 54.6 Å². The van der Waals surface area contributed by atoms with Gasteiger partial charge in [0.1, 0.15) is 16.2 Å². The Balaban J connectivity index is 1.64. The highest BCUT2D eigenvalue weighted by Crippen LogP contribution is 2.37. The molecule has 0 atom stereocenters. The molecular weight excluding hydrogens is 543 g/mol. The van der Waals surface area contributed by atoms with E-state index in [9.17, 15) is 22.8 Å². The van der Waals surface area contributed by atoms with Gasteiger partial charge in [-0.3, -0.25) is 14.9 Å². The Kier molecular flexibility index (Phi) is 7.53. The van der Waals surface area contributed by atoms with Gasteiger partial charge in [0.15, 0.2) is 5.75 Å². The first kappa shape index (κ1) is 26.2. The highest BCUT2D eigenvalue weighted by Gasteiger charge is 2.37. The summed E-state index contributed by atoms with van der Waals surface area (Å²) in [6, 6.07) is 15.2. The Bertz CT molecular complexity index is 1500. The van der Waals surface area contributed by atoms with Crippen LogP contribution in [0.2, 0.25) is 10.0 Å². The van der Waals surface area contributed by atoms with Crippen LogP contribution in [-0.2, 0) is 19.7 Å². The molecule has 3 aromatic rings. The normalized spacial score (nSPS) is 15.1. The molecule has 0 saturated carbocycles. The van der Waals surface area contributed by atoms with Gasteiger partial charge in [-0.25, -0.2) is 9.69 Å². The third kappa shape index (κ3) is 5.61. The van der Waals surface area contributed by atoms with Crippen molar-refractivity contribution >= 4 is 62.9 Å². The van der Waals surface area contributed by atoms with Gasteiger partial charge in [0.05, 0.1) is 22.3 Å². The topological polar surface area (TPSA) is 119 Å². The lowest BCUT2D eigenvalue weighted by Crippen LogP contribution is -2.54. The molecule has 1 fully saturated rings. The van der Waals surface area contributed by atoms with Crippen molar-refractivity contribution in [2.24, 2.45) is 0 Å². The van der Waals surface area contributed by atoms with Crippen LogP contribution in [0.15, 0.2) is 77.2 Å². The number of amides is 4. The minimum absolute atomic E-state index is 0.100. The van der Waals surface area contributed by atoms with Crippen molar-refractivity contribution in [2.45, 2.75) is 11.8 Å². The summed E-state index contributed by atoms with van der Waals surface area (Å²) in [6.07, 6.45) is 1.18. The van der Waals surface area contributed by atoms with Crippen LogP contribution in [0.3, 0.4) is 0 Å². The van der Waals surface area contributed by atoms with Gasteiger partial charge in [-0.2, -0.15) is 8.42 Å². The molecule has 1 heterocycles. The zero-order valence-corrected chi connectivity index (χ0v) is 21.4. The van der Waals surface area contributed by atoms with Crippen LogP contribution in [0.5, 0.6) is 11.5 Å². The van der Waals surface area contributed by atoms with Gasteiger partial charge in [-0.15, -0.1) is 0 Å². The average molecular weight is 561 g/mol. The Labute approximate surface area is 222 Å². The van der Waals surface area contributed by atoms with Crippen molar-refractivity contribution in [1.29, 1.82) is 0 Å². The van der Waals surface area contributed by atoms with Crippen molar-refractivity contribution in [3.63, 3.8) is 0 Å². The Hall–Kier alpha value is -3.86. The fraction of sp³-hybridized carbons (Fsp3) is 0.0800. The summed E-state index contributed by atoms with van der Waals surface area (Å²) in [7, 11) is -4.22. The Morgan fingerprint density at radius 3 is 2.16 bits per heavy atom. The van der Waals surface area contributed by atoms with Crippen LogP contribution in [0.25, 0.3) is 6.08 Å². The van der Waals surface area contributed by atoms with Crippen molar-refractivity contribution in [1.82, 2.24) is 5.32 Å². The Morgan fingerprint density at radius 2 is 1.57 bits per heavy atom. The number of carbonyl (C=O) groups is 3. The summed E-state index contributed by atoms with van der Waals surface area (Å²) in [6.45, 7) is 2.26. The quantitative estimate of drug-likeness (QED) is 0.250. The van der Waals surface area contributed by atoms with E-state index >= 15 is 0 Å². The number of ether oxygens (including phenoxy) is 1. The number of barbiturate groups is 1. The van der Waals surface area contributed by atoms with Gasteiger partial charge < -0.3 is 8.92 Å². The number of benzene rings is 3. The maximum atomic E-state index is 13.1. The van der Waals surface area contributed by atoms with Gasteiger partial charge in [0, 0.05) is 0 Å². The largest absolute Gasteiger partial charge is 0.494 e. The molecule has 0 radical (unpaired) electrons. The number of anilines is 1. The van der Waals surface area contributed by atoms with Crippen molar-refractivity contribution < 1.29 is 31.7 Å². The lowest BCUT2D eigenvalue weighted by atomic mass is 10.1. The summed E-state index contributed by atoms with van der Waals surface area (Å²) in [5.41, 5.74) is 0.0421. The SMILES string of the molecule is CCOc1ccc(N2C(=O)NC(=O)/C(=C\c3cc(Cl)c(OS(=O)(=O)c4ccccc4)c(Cl)c3)C2=O)cc1. The summed E-state index contributed by atoms with van der Waals surface area (Å²) in [5.74, 6) is -1.57. The number of rotatable bonds is 7. The average Bonchev–Trinajstić information content (AvgIpc) is 2.86. The molecule has 0 spiro atoms. The summed E-state index contributed by atoms with van der Waals surface area (Å²) in [5, 5.41) is 1.76. The van der Waals surface area contributed by atoms with Gasteiger partial charge in [-0.1, -0.05) is 41.4 Å². The predicted octanol–water partition coefficient (Wildman–Crippen LogP) is 4.83. The van der Waals surface area contributed by atoms with Gasteiger partial charge in [0.2, 0.25) is 0 Å². The monoisotopic (exact) mass is 560 g/mol. The molecule has 190 valence electrons. The molecule has 1 saturated heterocycles. The number of urea groups is 1. The lowest BCUT2D eigenvalue weighted by molar-refractivity contribution is -0.122. The third-order valence-corrected chi connectivity index (χ3v) is 6.86. The second-order valence-corrected chi connectivity index (χ2v) is 9.91. The van der Waals surface area contributed by atoms with Crippen LogP contribution in [0.4, 0.5) is 10.5 Å². The number of imide groups is 2. The van der Waals surface area contributed by atoms with Crippen LogP contribution in [-0.4, -0.2) is 32.9 Å². The number of nitrogens with one attached hydrogen (secondary N) is 1. The first-order chi connectivity index (χ1) is 17.6. The number of nitrogens with zero attached hydrogens (tertiary/aromatic N) is 1. The molecule has 37 heavy (non-hydrogen) atoms. The van der Waals surface area contributed by atoms with E-state index in [2.05, 4.69) is 5.32 Å². The summed E-state index contributed by atoms with van der Waals surface area (Å²) >= 11 is 12.5. The molecule has 1 N–H and O–H groups in total. The standard InChI is InChI=1S/C25H18Cl2N2O7S/c1-2-35-17-10-8-16(9-11-17)29-24(31)19(23(30)28-25(29)32)12-15-13-20(26)22(21(27)14-15)36-37(33,34)18-6-4-3-5-7-18/h3-14H,2H2,1H3,(H,28,30,32)/b19-12+. The van der Waals surface area contributed by atoms with E-state index in [-0.39, 0.29) is 37.5 Å². The minimum Gasteiger partial charge on any atom is -0.494 e. The maximum Gasteiger partial charge on any atom is 0.339 e. The zero-order valence-electron chi connectivity index (χ0n) is 19.1. The molecule has 0 aromatic heterocycles. The zero-order chi connectivity index (χ0) is 26.7. The van der Waals surface area contributed by atoms with Crippen LogP contribution in [0, 0.1) is 0 Å². The molecule has 1 aliphatic heterocycles. The molecule has 4 rings (SSSR count). The molecule has 0 bridgehead atoms. The number of hydrogen-bond acceptors (Lipinski definition) is 7. The molecule has 12 heteroatoms. The molecule has 4 amide bonds. The number of hydrogen-bond donors (Lipinski definition) is 1. The second-order valence-electron chi connectivity index (χ2n) is 7.55. The molecule has 0 aliphatic carbocycles. The summed E-state index contributed by atoms with van der Waals surface area (Å²) in [4.78, 5) is 38.7. The van der Waals surface area contributed by atoms with E-state index in [1.807, 2.05) is 6.92 Å². The lowest BCUT2D eigenvalue weighted by Gasteiger charge is -2.26. The third-order valence-electron chi connectivity index (χ3n) is 5.06. The van der Waals surface area contributed by atoms with Crippen LogP contribution >= 0.6 is 23.2 Å². The fourth-order valence-electron chi connectivity index (χ4n) is 3.40. The highest BCUT2D eigenvalue weighted by atomic mass is 35.5. The van der Waals surface area contributed by atoms with Crippen molar-refractivity contribution in [2.75, 3.05) is 11.5 Å².